The fourth-order valence-corrected chi connectivity index (χ4v) is 1.88. The third-order valence-corrected chi connectivity index (χ3v) is 2.75. The van der Waals surface area contributed by atoms with Gasteiger partial charge in [-0.05, 0) is 12.6 Å². The maximum Gasteiger partial charge on any atom is 0.235 e. The van der Waals surface area contributed by atoms with Gasteiger partial charge in [-0.25, -0.2) is 13.2 Å². The topological polar surface area (TPSA) is 32.3 Å². The summed E-state index contributed by atoms with van der Waals surface area (Å²) in [5.74, 6) is -3.49. The fourth-order valence-electron chi connectivity index (χ4n) is 1.88. The van der Waals surface area contributed by atoms with Gasteiger partial charge in [-0.3, -0.25) is 9.69 Å². The molecule has 0 radical (unpaired) electrons. The van der Waals surface area contributed by atoms with E-state index in [-0.39, 0.29) is 18.0 Å². The highest BCUT2D eigenvalue weighted by Crippen LogP contribution is 2.26. The second-order valence-corrected chi connectivity index (χ2v) is 3.82. The molecule has 1 heterocycles. The quantitative estimate of drug-likeness (QED) is 0.801. The molecule has 1 saturated heterocycles. The molecule has 92 valence electrons. The van der Waals surface area contributed by atoms with Crippen molar-refractivity contribution >= 4 is 5.91 Å². The van der Waals surface area contributed by atoms with Gasteiger partial charge in [-0.2, -0.15) is 0 Å². The third kappa shape index (κ3) is 2.12. The van der Waals surface area contributed by atoms with Crippen molar-refractivity contribution < 1.29 is 18.0 Å². The third-order valence-electron chi connectivity index (χ3n) is 2.75. The van der Waals surface area contributed by atoms with Crippen LogP contribution in [0.25, 0.3) is 0 Å². The molecular weight excluding hydrogens is 233 g/mol. The zero-order valence-electron chi connectivity index (χ0n) is 9.14. The van der Waals surface area contributed by atoms with E-state index in [1.165, 1.54) is 0 Å². The summed E-state index contributed by atoms with van der Waals surface area (Å²) >= 11 is 0. The lowest BCUT2D eigenvalue weighted by molar-refractivity contribution is -0.118. The summed E-state index contributed by atoms with van der Waals surface area (Å²) in [6.45, 7) is 2.42. The van der Waals surface area contributed by atoms with Crippen molar-refractivity contribution in [2.24, 2.45) is 0 Å². The van der Waals surface area contributed by atoms with Crippen molar-refractivity contribution in [1.29, 1.82) is 0 Å². The highest BCUT2D eigenvalue weighted by atomic mass is 19.2. The second kappa shape index (κ2) is 4.37. The monoisotopic (exact) mass is 244 g/mol. The number of likely N-dealkylation sites (N-methyl/N-ethyl adjacent to an activating group) is 1. The van der Waals surface area contributed by atoms with Crippen molar-refractivity contribution in [3.05, 3.63) is 35.1 Å². The Bertz CT molecular complexity index is 464. The molecule has 2 rings (SSSR count). The zero-order valence-corrected chi connectivity index (χ0v) is 9.14. The Kier molecular flexibility index (Phi) is 3.06. The number of hydrogen-bond acceptors (Lipinski definition) is 2. The van der Waals surface area contributed by atoms with E-state index in [9.17, 15) is 18.0 Å². The predicted octanol–water partition coefficient (Wildman–Crippen LogP) is 1.55. The summed E-state index contributed by atoms with van der Waals surface area (Å²) in [7, 11) is 0. The molecule has 1 aromatic carbocycles. The lowest BCUT2D eigenvalue weighted by atomic mass is 10.1. The minimum atomic E-state index is -1.24. The first-order valence-electron chi connectivity index (χ1n) is 5.20. The Morgan fingerprint density at radius 1 is 1.29 bits per heavy atom. The van der Waals surface area contributed by atoms with Gasteiger partial charge >= 0.3 is 0 Å². The Hall–Kier alpha value is -1.56. The van der Waals surface area contributed by atoms with Crippen molar-refractivity contribution in [2.45, 2.75) is 13.1 Å². The van der Waals surface area contributed by atoms with Crippen LogP contribution in [0.5, 0.6) is 0 Å². The molecule has 3 nitrogen and oxygen atoms in total. The van der Waals surface area contributed by atoms with Crippen LogP contribution in [0.15, 0.2) is 12.1 Å². The van der Waals surface area contributed by atoms with Gasteiger partial charge in [-0.1, -0.05) is 6.92 Å². The molecule has 1 atom stereocenters. The van der Waals surface area contributed by atoms with Crippen LogP contribution in [0, 0.1) is 17.5 Å². The molecule has 1 amide bonds. The zero-order chi connectivity index (χ0) is 12.6. The molecular formula is C11H11F3N2O. The smallest absolute Gasteiger partial charge is 0.235 e. The fraction of sp³-hybridized carbons (Fsp3) is 0.364. The van der Waals surface area contributed by atoms with E-state index in [0.717, 1.165) is 6.07 Å². The Labute approximate surface area is 96.2 Å². The van der Waals surface area contributed by atoms with Gasteiger partial charge in [0.1, 0.15) is 12.0 Å². The molecule has 0 unspecified atom stereocenters. The van der Waals surface area contributed by atoms with Gasteiger partial charge in [0.25, 0.3) is 0 Å². The van der Waals surface area contributed by atoms with Crippen molar-refractivity contribution in [3.8, 4) is 0 Å². The Morgan fingerprint density at radius 2 is 1.94 bits per heavy atom. The second-order valence-electron chi connectivity index (χ2n) is 3.82. The largest absolute Gasteiger partial charge is 0.335 e. The molecule has 0 saturated carbocycles. The van der Waals surface area contributed by atoms with Crippen LogP contribution in [-0.2, 0) is 4.79 Å². The first kappa shape index (κ1) is 11.9. The normalized spacial score (nSPS) is 20.7. The molecule has 0 bridgehead atoms. The minimum absolute atomic E-state index is 0.0587. The lowest BCUT2D eigenvalue weighted by Gasteiger charge is -2.22. The number of hydrogen-bond donors (Lipinski definition) is 1. The predicted molar refractivity (Wildman–Crippen MR) is 54.4 cm³/mol. The van der Waals surface area contributed by atoms with Crippen LogP contribution in [0.2, 0.25) is 0 Å². The summed E-state index contributed by atoms with van der Waals surface area (Å²) in [5, 5.41) is 2.52. The number of halogens is 3. The van der Waals surface area contributed by atoms with Crippen LogP contribution in [0.1, 0.15) is 18.7 Å². The van der Waals surface area contributed by atoms with E-state index in [4.69, 9.17) is 0 Å². The number of carbonyl (C=O) groups is 1. The van der Waals surface area contributed by atoms with E-state index >= 15 is 0 Å². The number of rotatable bonds is 2. The van der Waals surface area contributed by atoms with Gasteiger partial charge in [0.15, 0.2) is 11.6 Å². The number of nitrogens with zero attached hydrogens (tertiary/aromatic N) is 1. The summed E-state index contributed by atoms with van der Waals surface area (Å²) in [5.41, 5.74) is -0.0587. The Morgan fingerprint density at radius 3 is 2.59 bits per heavy atom. The molecule has 1 aliphatic rings. The van der Waals surface area contributed by atoms with E-state index in [0.29, 0.717) is 12.6 Å². The molecule has 0 aromatic heterocycles. The van der Waals surface area contributed by atoms with Gasteiger partial charge in [0, 0.05) is 11.6 Å². The highest BCUT2D eigenvalue weighted by Gasteiger charge is 2.32. The van der Waals surface area contributed by atoms with Gasteiger partial charge in [0.05, 0.1) is 6.54 Å². The summed E-state index contributed by atoms with van der Waals surface area (Å²) in [6, 6.07) is 1.27. The molecule has 6 heteroatoms. The average molecular weight is 244 g/mol. The minimum Gasteiger partial charge on any atom is -0.335 e. The number of amides is 1. The van der Waals surface area contributed by atoms with Gasteiger partial charge < -0.3 is 5.32 Å². The van der Waals surface area contributed by atoms with E-state index in [1.54, 1.807) is 11.8 Å². The maximum atomic E-state index is 13.5. The molecule has 0 aliphatic carbocycles. The average Bonchev–Trinajstić information content (AvgIpc) is 2.64. The maximum absolute atomic E-state index is 13.5. The molecule has 1 aromatic rings. The molecule has 0 spiro atoms. The van der Waals surface area contributed by atoms with E-state index < -0.39 is 23.6 Å². The molecule has 1 fully saturated rings. The van der Waals surface area contributed by atoms with Crippen molar-refractivity contribution in [2.75, 3.05) is 13.1 Å². The van der Waals surface area contributed by atoms with Gasteiger partial charge in [0.2, 0.25) is 5.91 Å². The molecule has 17 heavy (non-hydrogen) atoms. The van der Waals surface area contributed by atoms with Crippen LogP contribution in [0.3, 0.4) is 0 Å². The van der Waals surface area contributed by atoms with Crippen LogP contribution in [0.4, 0.5) is 13.2 Å². The summed E-state index contributed by atoms with van der Waals surface area (Å²) in [4.78, 5) is 12.9. The highest BCUT2D eigenvalue weighted by molar-refractivity contribution is 5.80. The summed E-state index contributed by atoms with van der Waals surface area (Å²) in [6.07, 6.45) is -0.734. The van der Waals surface area contributed by atoms with Crippen LogP contribution < -0.4 is 5.32 Å². The van der Waals surface area contributed by atoms with E-state index in [2.05, 4.69) is 5.32 Å². The molecule has 1 N–H and O–H groups in total. The first-order valence-corrected chi connectivity index (χ1v) is 5.20. The first-order chi connectivity index (χ1) is 8.02. The number of nitrogens with one attached hydrogen (secondary N) is 1. The summed E-state index contributed by atoms with van der Waals surface area (Å²) < 4.78 is 39.4. The van der Waals surface area contributed by atoms with Gasteiger partial charge in [-0.15, -0.1) is 0 Å². The lowest BCUT2D eigenvalue weighted by Crippen LogP contribution is -2.28. The SMILES string of the molecule is CCN1CC(=O)N[C@@H]1c1cc(F)c(F)cc1F. The number of benzene rings is 1. The number of carbonyl (C=O) groups excluding carboxylic acids is 1. The van der Waals surface area contributed by atoms with Crippen molar-refractivity contribution in [1.82, 2.24) is 10.2 Å². The van der Waals surface area contributed by atoms with Crippen LogP contribution >= 0.6 is 0 Å². The Balaban J connectivity index is 2.39. The van der Waals surface area contributed by atoms with Crippen molar-refractivity contribution in [3.63, 3.8) is 0 Å². The van der Waals surface area contributed by atoms with Crippen LogP contribution in [-0.4, -0.2) is 23.9 Å². The molecule has 1 aliphatic heterocycles. The van der Waals surface area contributed by atoms with E-state index in [1.807, 2.05) is 0 Å². The standard InChI is InChI=1S/C11H11F3N2O/c1-2-16-5-10(17)15-11(16)6-3-8(13)9(14)4-7(6)12/h3-4,11H,2,5H2,1H3,(H,15,17)/t11-/m0/s1.